The van der Waals surface area contributed by atoms with Crippen LogP contribution in [0.25, 0.3) is 0 Å². The van der Waals surface area contributed by atoms with Gasteiger partial charge in [-0.15, -0.1) is 0 Å². The minimum absolute atomic E-state index is 0.0267. The number of carbonyl (C=O) groups is 1. The van der Waals surface area contributed by atoms with Crippen LogP contribution in [0, 0.1) is 5.82 Å². The largest absolute Gasteiger partial charge is 0.508 e. The van der Waals surface area contributed by atoms with E-state index in [0.29, 0.717) is 16.8 Å². The van der Waals surface area contributed by atoms with Crippen molar-refractivity contribution >= 4 is 11.6 Å². The lowest BCUT2D eigenvalue weighted by Crippen LogP contribution is -2.18. The van der Waals surface area contributed by atoms with E-state index >= 15 is 0 Å². The Kier molecular flexibility index (Phi) is 4.42. The van der Waals surface area contributed by atoms with Gasteiger partial charge in [0.1, 0.15) is 11.6 Å². The number of phenolic OH excluding ortho intramolecular Hbond substituents is 1. The molecular weight excluding hydrogens is 271 g/mol. The highest BCUT2D eigenvalue weighted by atomic mass is 19.1. The van der Waals surface area contributed by atoms with Gasteiger partial charge in [0, 0.05) is 23.9 Å². The standard InChI is InChI=1S/C16H17FN2O2/c1-10(14-9-12(17)6-7-15(14)20)19-13-5-3-4-11(8-13)16(21)18-2/h3-10,19-20H,1-2H3,(H,18,21). The minimum Gasteiger partial charge on any atom is -0.508 e. The number of anilines is 1. The van der Waals surface area contributed by atoms with Crippen molar-refractivity contribution in [1.29, 1.82) is 0 Å². The molecule has 110 valence electrons. The zero-order valence-corrected chi connectivity index (χ0v) is 11.9. The molecule has 0 bridgehead atoms. The van der Waals surface area contributed by atoms with Gasteiger partial charge in [-0.05, 0) is 43.3 Å². The van der Waals surface area contributed by atoms with Gasteiger partial charge >= 0.3 is 0 Å². The molecule has 21 heavy (non-hydrogen) atoms. The van der Waals surface area contributed by atoms with E-state index in [1.54, 1.807) is 38.2 Å². The second kappa shape index (κ2) is 6.26. The molecule has 1 unspecified atom stereocenters. The summed E-state index contributed by atoms with van der Waals surface area (Å²) < 4.78 is 13.3. The third kappa shape index (κ3) is 3.51. The number of carbonyl (C=O) groups excluding carboxylic acids is 1. The number of rotatable bonds is 4. The summed E-state index contributed by atoms with van der Waals surface area (Å²) in [6.07, 6.45) is 0. The SMILES string of the molecule is CNC(=O)c1cccc(NC(C)c2cc(F)ccc2O)c1. The van der Waals surface area contributed by atoms with Crippen LogP contribution in [-0.4, -0.2) is 18.1 Å². The minimum atomic E-state index is -0.407. The van der Waals surface area contributed by atoms with E-state index in [1.165, 1.54) is 18.2 Å². The van der Waals surface area contributed by atoms with Crippen molar-refractivity contribution in [2.45, 2.75) is 13.0 Å². The molecule has 0 heterocycles. The third-order valence-corrected chi connectivity index (χ3v) is 3.19. The lowest BCUT2D eigenvalue weighted by Gasteiger charge is -2.17. The van der Waals surface area contributed by atoms with Gasteiger partial charge in [0.05, 0.1) is 6.04 Å². The van der Waals surface area contributed by atoms with E-state index in [9.17, 15) is 14.3 Å². The molecule has 5 heteroatoms. The second-order valence-electron chi connectivity index (χ2n) is 4.73. The van der Waals surface area contributed by atoms with Gasteiger partial charge in [-0.1, -0.05) is 6.07 Å². The van der Waals surface area contributed by atoms with Crippen molar-refractivity contribution in [3.8, 4) is 5.75 Å². The Balaban J connectivity index is 2.21. The number of nitrogens with one attached hydrogen (secondary N) is 2. The molecule has 0 aliphatic heterocycles. The number of amides is 1. The monoisotopic (exact) mass is 288 g/mol. The summed E-state index contributed by atoms with van der Waals surface area (Å²) in [5.74, 6) is -0.561. The molecule has 3 N–H and O–H groups in total. The maximum atomic E-state index is 13.3. The summed E-state index contributed by atoms with van der Waals surface area (Å²) in [4.78, 5) is 11.6. The van der Waals surface area contributed by atoms with E-state index in [4.69, 9.17) is 0 Å². The van der Waals surface area contributed by atoms with E-state index in [2.05, 4.69) is 10.6 Å². The Labute approximate surface area is 122 Å². The Morgan fingerprint density at radius 3 is 2.71 bits per heavy atom. The Morgan fingerprint density at radius 2 is 2.00 bits per heavy atom. The third-order valence-electron chi connectivity index (χ3n) is 3.19. The summed E-state index contributed by atoms with van der Waals surface area (Å²) in [7, 11) is 1.57. The zero-order chi connectivity index (χ0) is 15.4. The number of phenols is 1. The molecule has 1 amide bonds. The molecule has 0 aliphatic rings. The van der Waals surface area contributed by atoms with Gasteiger partial charge in [-0.25, -0.2) is 4.39 Å². The predicted molar refractivity (Wildman–Crippen MR) is 79.9 cm³/mol. The van der Waals surface area contributed by atoms with Crippen molar-refractivity contribution in [3.05, 3.63) is 59.4 Å². The summed E-state index contributed by atoms with van der Waals surface area (Å²) in [5, 5.41) is 15.5. The highest BCUT2D eigenvalue weighted by molar-refractivity contribution is 5.94. The van der Waals surface area contributed by atoms with Gasteiger partial charge in [0.2, 0.25) is 0 Å². The van der Waals surface area contributed by atoms with Crippen molar-refractivity contribution < 1.29 is 14.3 Å². The van der Waals surface area contributed by atoms with E-state index in [1.807, 2.05) is 0 Å². The van der Waals surface area contributed by atoms with Crippen LogP contribution in [0.5, 0.6) is 5.75 Å². The quantitative estimate of drug-likeness (QED) is 0.810. The van der Waals surface area contributed by atoms with Crippen LogP contribution in [0.15, 0.2) is 42.5 Å². The molecule has 1 atom stereocenters. The van der Waals surface area contributed by atoms with Crippen molar-refractivity contribution in [2.75, 3.05) is 12.4 Å². The fraction of sp³-hybridized carbons (Fsp3) is 0.188. The van der Waals surface area contributed by atoms with Crippen molar-refractivity contribution in [1.82, 2.24) is 5.32 Å². The van der Waals surface area contributed by atoms with Crippen LogP contribution in [-0.2, 0) is 0 Å². The first kappa shape index (κ1) is 14.8. The van der Waals surface area contributed by atoms with Crippen LogP contribution in [0.4, 0.5) is 10.1 Å². The summed E-state index contributed by atoms with van der Waals surface area (Å²) in [6, 6.07) is 10.5. The lowest BCUT2D eigenvalue weighted by molar-refractivity contribution is 0.0963. The highest BCUT2D eigenvalue weighted by Crippen LogP contribution is 2.27. The average Bonchev–Trinajstić information content (AvgIpc) is 2.49. The maximum Gasteiger partial charge on any atom is 0.251 e. The smallest absolute Gasteiger partial charge is 0.251 e. The van der Waals surface area contributed by atoms with Gasteiger partial charge in [0.15, 0.2) is 0 Å². The highest BCUT2D eigenvalue weighted by Gasteiger charge is 2.12. The number of aromatic hydroxyl groups is 1. The number of hydrogen-bond acceptors (Lipinski definition) is 3. The first-order chi connectivity index (χ1) is 10.0. The van der Waals surface area contributed by atoms with Crippen molar-refractivity contribution in [2.24, 2.45) is 0 Å². The topological polar surface area (TPSA) is 61.4 Å². The molecule has 0 radical (unpaired) electrons. The Hall–Kier alpha value is -2.56. The first-order valence-corrected chi connectivity index (χ1v) is 6.58. The van der Waals surface area contributed by atoms with Crippen LogP contribution in [0.2, 0.25) is 0 Å². The van der Waals surface area contributed by atoms with E-state index in [0.717, 1.165) is 0 Å². The van der Waals surface area contributed by atoms with Crippen molar-refractivity contribution in [3.63, 3.8) is 0 Å². The molecule has 4 nitrogen and oxygen atoms in total. The summed E-state index contributed by atoms with van der Waals surface area (Å²) in [6.45, 7) is 1.81. The molecule has 0 aromatic heterocycles. The molecule has 0 aliphatic carbocycles. The average molecular weight is 288 g/mol. The Morgan fingerprint density at radius 1 is 1.24 bits per heavy atom. The number of benzene rings is 2. The molecule has 0 fully saturated rings. The molecule has 2 aromatic rings. The molecule has 0 spiro atoms. The van der Waals surface area contributed by atoms with Crippen LogP contribution in [0.3, 0.4) is 0 Å². The lowest BCUT2D eigenvalue weighted by atomic mass is 10.1. The van der Waals surface area contributed by atoms with Crippen LogP contribution >= 0.6 is 0 Å². The van der Waals surface area contributed by atoms with Crippen LogP contribution < -0.4 is 10.6 Å². The fourth-order valence-corrected chi connectivity index (χ4v) is 2.09. The zero-order valence-electron chi connectivity index (χ0n) is 11.9. The molecule has 2 aromatic carbocycles. The summed E-state index contributed by atoms with van der Waals surface area (Å²) in [5.41, 5.74) is 1.70. The predicted octanol–water partition coefficient (Wildman–Crippen LogP) is 3.06. The number of hydrogen-bond donors (Lipinski definition) is 3. The molecule has 2 rings (SSSR count). The van der Waals surface area contributed by atoms with Gasteiger partial charge in [-0.2, -0.15) is 0 Å². The molecular formula is C16H17FN2O2. The van der Waals surface area contributed by atoms with E-state index < -0.39 is 5.82 Å². The summed E-state index contributed by atoms with van der Waals surface area (Å²) >= 11 is 0. The molecule has 0 saturated heterocycles. The Bertz CT molecular complexity index is 658. The van der Waals surface area contributed by atoms with E-state index in [-0.39, 0.29) is 17.7 Å². The fourth-order valence-electron chi connectivity index (χ4n) is 2.09. The first-order valence-electron chi connectivity index (χ1n) is 6.58. The maximum absolute atomic E-state index is 13.3. The van der Waals surface area contributed by atoms with Gasteiger partial charge in [-0.3, -0.25) is 4.79 Å². The van der Waals surface area contributed by atoms with Gasteiger partial charge < -0.3 is 15.7 Å². The van der Waals surface area contributed by atoms with Gasteiger partial charge in [0.25, 0.3) is 5.91 Å². The number of halogens is 1. The normalized spacial score (nSPS) is 11.8. The second-order valence-corrected chi connectivity index (χ2v) is 4.73. The van der Waals surface area contributed by atoms with Crippen LogP contribution in [0.1, 0.15) is 28.9 Å². The molecule has 0 saturated carbocycles.